The van der Waals surface area contributed by atoms with Crippen LogP contribution in [-0.2, 0) is 48.8 Å². The Morgan fingerprint density at radius 2 is 0.936 bits per heavy atom. The van der Waals surface area contributed by atoms with Gasteiger partial charge in [0.05, 0.1) is 82.3 Å². The van der Waals surface area contributed by atoms with E-state index in [-0.39, 0.29) is 60.7 Å². The Hall–Kier alpha value is -12.5. The SMILES string of the molecule is C.C.COc1ccc(CNc2cc(C)c(-n3cnc(C4CC4)c3)cc2C(=O)Nc2cccc(-c3nnc(C)n3C)n2)cc1.Cc1cc(N)c(C(=O)Nc2cccc(-c3nnc(C)n3C)n2)cc1-n1cnc(C2CC2)c1.Cc1cc2ncn(-c3cccc(-c4nnc(C)n4C)n3)c(=O)c2cc1-n1cnc(C2CC2)c1.[CH3-].[W]. The number of fused-ring (bicyclic) bond motifs is 1. The molecule has 0 aliphatic heterocycles. The van der Waals surface area contributed by atoms with Gasteiger partial charge < -0.3 is 61.3 Å². The van der Waals surface area contributed by atoms with Crippen LogP contribution < -0.4 is 32.0 Å². The third kappa shape index (κ3) is 16.6. The van der Waals surface area contributed by atoms with Gasteiger partial charge in [-0.2, -0.15) is 0 Å². The van der Waals surface area contributed by atoms with Gasteiger partial charge in [0.1, 0.15) is 64.1 Å². The molecule has 10 heterocycles. The number of pyridine rings is 3. The van der Waals surface area contributed by atoms with Gasteiger partial charge in [-0.3, -0.25) is 19.0 Å². The predicted octanol–water partition coefficient (Wildman–Crippen LogP) is 13.8. The number of nitrogen functional groups attached to an aromatic ring is 1. The molecule has 110 heavy (non-hydrogen) atoms. The molecule has 3 fully saturated rings. The molecule has 5 N–H and O–H groups in total. The second kappa shape index (κ2) is 33.0. The molecular formula is C81H89N24O4W-. The summed E-state index contributed by atoms with van der Waals surface area (Å²) in [7, 11) is 7.29. The monoisotopic (exact) mass is 1650 g/mol. The number of rotatable bonds is 18. The van der Waals surface area contributed by atoms with Crippen molar-refractivity contribution in [3.63, 3.8) is 0 Å². The quantitative estimate of drug-likeness (QED) is 0.0458. The maximum Gasteiger partial charge on any atom is 0.267 e. The molecule has 3 aliphatic rings. The second-order valence-electron chi connectivity index (χ2n) is 27.1. The maximum absolute atomic E-state index is 13.8. The van der Waals surface area contributed by atoms with Gasteiger partial charge >= 0.3 is 0 Å². The molecule has 3 saturated carbocycles. The summed E-state index contributed by atoms with van der Waals surface area (Å²) < 4.78 is 18.3. The first-order valence-electron chi connectivity index (χ1n) is 35.0. The predicted molar refractivity (Wildman–Crippen MR) is 423 cm³/mol. The molecule has 10 aromatic heterocycles. The second-order valence-corrected chi connectivity index (χ2v) is 27.1. The molecule has 4 aromatic carbocycles. The van der Waals surface area contributed by atoms with E-state index in [9.17, 15) is 14.4 Å². The number of imidazole rings is 3. The van der Waals surface area contributed by atoms with Gasteiger partial charge in [0.25, 0.3) is 17.4 Å². The van der Waals surface area contributed by atoms with Crippen molar-refractivity contribution in [3.05, 3.63) is 245 Å². The third-order valence-corrected chi connectivity index (χ3v) is 19.5. The zero-order valence-corrected chi connectivity index (χ0v) is 64.7. The number of methoxy groups -OCH3 is 1. The zero-order chi connectivity index (χ0) is 73.6. The molecule has 29 heteroatoms. The van der Waals surface area contributed by atoms with Crippen molar-refractivity contribution in [2.24, 2.45) is 21.1 Å². The van der Waals surface area contributed by atoms with E-state index in [1.807, 2.05) is 200 Å². The van der Waals surface area contributed by atoms with Gasteiger partial charge in [0.15, 0.2) is 17.5 Å². The van der Waals surface area contributed by atoms with Crippen LogP contribution >= 0.6 is 0 Å². The fourth-order valence-corrected chi connectivity index (χ4v) is 12.5. The first-order valence-corrected chi connectivity index (χ1v) is 35.0. The van der Waals surface area contributed by atoms with E-state index in [2.05, 4.69) is 93.8 Å². The van der Waals surface area contributed by atoms with E-state index in [0.29, 0.717) is 104 Å². The molecule has 564 valence electrons. The summed E-state index contributed by atoms with van der Waals surface area (Å²) in [6.45, 7) is 12.2. The summed E-state index contributed by atoms with van der Waals surface area (Å²) in [5.74, 6) is 7.42. The number of aryl methyl sites for hydroxylation is 6. The van der Waals surface area contributed by atoms with E-state index in [1.54, 1.807) is 37.7 Å². The topological polar surface area (TPSA) is 325 Å². The van der Waals surface area contributed by atoms with Crippen molar-refractivity contribution in [3.8, 4) is 63.2 Å². The van der Waals surface area contributed by atoms with Crippen molar-refractivity contribution in [2.45, 2.75) is 119 Å². The van der Waals surface area contributed by atoms with Gasteiger partial charge in [-0.05, 0) is 187 Å². The number of nitrogens with zero attached hydrogens (tertiary/aromatic N) is 20. The van der Waals surface area contributed by atoms with Crippen LogP contribution in [0.1, 0.15) is 149 Å². The van der Waals surface area contributed by atoms with E-state index >= 15 is 0 Å². The molecule has 3 aliphatic carbocycles. The third-order valence-electron chi connectivity index (χ3n) is 19.5. The fourth-order valence-electron chi connectivity index (χ4n) is 12.5. The van der Waals surface area contributed by atoms with Crippen LogP contribution in [0.3, 0.4) is 0 Å². The van der Waals surface area contributed by atoms with Crippen molar-refractivity contribution < 1.29 is 35.4 Å². The normalized spacial score (nSPS) is 12.7. The molecule has 0 bridgehead atoms. The van der Waals surface area contributed by atoms with Gasteiger partial charge in [-0.1, -0.05) is 45.2 Å². The Balaban J connectivity index is 0.000000162. The van der Waals surface area contributed by atoms with E-state index in [0.717, 1.165) is 85.3 Å². The van der Waals surface area contributed by atoms with Gasteiger partial charge in [-0.15, -0.1) is 30.6 Å². The largest absolute Gasteiger partial charge is 0.497 e. The summed E-state index contributed by atoms with van der Waals surface area (Å²) in [6.07, 6.45) is 20.3. The Kier molecular flexibility index (Phi) is 23.6. The number of carbonyl (C=O) groups is 2. The Labute approximate surface area is 652 Å². The molecule has 28 nitrogen and oxygen atoms in total. The van der Waals surface area contributed by atoms with Crippen LogP contribution in [-0.4, -0.2) is 116 Å². The molecule has 14 aromatic rings. The Morgan fingerprint density at radius 1 is 0.509 bits per heavy atom. The maximum atomic E-state index is 13.8. The van der Waals surface area contributed by atoms with Gasteiger partial charge in [-0.25, -0.2) is 34.9 Å². The first-order chi connectivity index (χ1) is 51.3. The molecule has 17 rings (SSSR count). The number of hydrogen-bond acceptors (Lipinski definition) is 19. The van der Waals surface area contributed by atoms with Crippen LogP contribution in [0.15, 0.2) is 164 Å². The number of nitrogens with two attached hydrogens (primary N) is 1. The summed E-state index contributed by atoms with van der Waals surface area (Å²) in [4.78, 5) is 72.4. The molecular weight excluding hydrogens is 1560 g/mol. The molecule has 0 atom stereocenters. The van der Waals surface area contributed by atoms with Crippen LogP contribution in [0.4, 0.5) is 23.0 Å². The van der Waals surface area contributed by atoms with Crippen molar-refractivity contribution in [1.29, 1.82) is 0 Å². The molecule has 0 unspecified atom stereocenters. The molecule has 0 radical (unpaired) electrons. The fraction of sp³-hybridized carbons (Fsp3) is 0.272. The average molecular weight is 1650 g/mol. The summed E-state index contributed by atoms with van der Waals surface area (Å²) in [5.41, 5.74) is 20.7. The molecule has 0 saturated heterocycles. The zero-order valence-electron chi connectivity index (χ0n) is 61.8. The standard InChI is InChI=1S/C31H32N8O2.C24H22N8O.C23H24N8O.2CH4.CH3.W/c1-19-14-26(32-16-21-8-12-23(41-4)13-9-21)24(15-28(19)39-17-27(33-18-39)22-10-11-22)31(40)35-29-7-5-6-25(34-29)30-37-36-20(2)38(30)3;1-14-9-19-17(10-21(14)31-11-20(25-12-31)16-7-8-16)24(33)32(13-26-19)22-6-4-5-18(27-22)23-29-28-15(2)30(23)3;1-13-9-17(24)16(10-20(13)31-11-19(25-12-31)15-7-8-15)23(32)27-21-6-4-5-18(26-21)22-29-28-14(2)30(22)3;;;;/h5-9,12-15,17-18,22,32H,10-11,16H2,1-4H3,(H,34,35,40);4-6,9-13,16H,7-8H2,1-3H3;4-6,9-12,15H,7-8,24H2,1-3H3,(H,26,27,32);2*1H4;1H3;/q;;;;;-1;. The number of benzene rings is 4. The van der Waals surface area contributed by atoms with Crippen LogP contribution in [0.5, 0.6) is 5.75 Å². The van der Waals surface area contributed by atoms with Crippen molar-refractivity contribution in [2.75, 3.05) is 28.8 Å². The number of ether oxygens (including phenoxy) is 1. The minimum atomic E-state index is -0.329. The van der Waals surface area contributed by atoms with E-state index in [1.165, 1.54) is 49.4 Å². The summed E-state index contributed by atoms with van der Waals surface area (Å²) in [6, 6.07) is 35.5. The smallest absolute Gasteiger partial charge is 0.267 e. The van der Waals surface area contributed by atoms with E-state index < -0.39 is 0 Å². The summed E-state index contributed by atoms with van der Waals surface area (Å²) in [5, 5.41) is 34.7. The van der Waals surface area contributed by atoms with Gasteiger partial charge in [0, 0.05) is 96.5 Å². The van der Waals surface area contributed by atoms with Crippen LogP contribution in [0.25, 0.3) is 68.3 Å². The summed E-state index contributed by atoms with van der Waals surface area (Å²) >= 11 is 0. The van der Waals surface area contributed by atoms with Crippen molar-refractivity contribution >= 4 is 45.7 Å². The number of nitrogens with one attached hydrogen (secondary N) is 3. The first kappa shape index (κ1) is 78.6. The number of anilines is 4. The Morgan fingerprint density at radius 3 is 1.39 bits per heavy atom. The molecule has 0 spiro atoms. The molecule has 2 amide bonds. The number of hydrogen-bond donors (Lipinski definition) is 4. The average Bonchev–Trinajstić information content (AvgIpc) is 0.815. The number of aromatic nitrogens is 20. The van der Waals surface area contributed by atoms with Crippen molar-refractivity contribution in [1.82, 2.24) is 97.4 Å². The van der Waals surface area contributed by atoms with E-state index in [4.69, 9.17) is 10.5 Å². The van der Waals surface area contributed by atoms with Gasteiger partial charge in [0.2, 0.25) is 0 Å². The van der Waals surface area contributed by atoms with Crippen LogP contribution in [0, 0.1) is 49.0 Å². The Bertz CT molecular complexity index is 5750. The minimum Gasteiger partial charge on any atom is -0.497 e. The van der Waals surface area contributed by atoms with Crippen LogP contribution in [0.2, 0.25) is 0 Å². The number of amides is 2. The number of carbonyl (C=O) groups excluding carboxylic acids is 2. The minimum absolute atomic E-state index is 0.